The van der Waals surface area contributed by atoms with Crippen LogP contribution < -0.4 is 9.64 Å². The third-order valence-corrected chi connectivity index (χ3v) is 3.27. The van der Waals surface area contributed by atoms with Crippen LogP contribution in [0.5, 0.6) is 5.75 Å². The number of benzene rings is 2. The predicted molar refractivity (Wildman–Crippen MR) is 74.3 cm³/mol. The molecule has 0 spiro atoms. The molecular weight excluding hydrogens is 238 g/mol. The van der Waals surface area contributed by atoms with Gasteiger partial charge in [-0.3, -0.25) is 4.79 Å². The lowest BCUT2D eigenvalue weighted by molar-refractivity contribution is -0.120. The number of carbonyl (C=O) groups is 1. The van der Waals surface area contributed by atoms with Gasteiger partial charge in [0.05, 0.1) is 6.54 Å². The fourth-order valence-corrected chi connectivity index (χ4v) is 2.28. The van der Waals surface area contributed by atoms with Gasteiger partial charge in [-0.15, -0.1) is 0 Å². The third kappa shape index (κ3) is 2.32. The number of rotatable bonds is 1. The number of aryl methyl sites for hydroxylation is 1. The van der Waals surface area contributed by atoms with Gasteiger partial charge in [0.1, 0.15) is 5.75 Å². The Morgan fingerprint density at radius 3 is 2.79 bits per heavy atom. The van der Waals surface area contributed by atoms with Crippen LogP contribution in [0.15, 0.2) is 48.5 Å². The standard InChI is InChI=1S/C16H15NO2/c1-12-5-4-7-14(9-12)17-10-13-6-2-3-8-15(13)19-11-16(17)18/h2-9H,10-11H2,1H3. The molecule has 0 aromatic heterocycles. The number of anilines is 1. The van der Waals surface area contributed by atoms with E-state index >= 15 is 0 Å². The minimum Gasteiger partial charge on any atom is -0.483 e. The topological polar surface area (TPSA) is 29.5 Å². The van der Waals surface area contributed by atoms with Gasteiger partial charge in [-0.2, -0.15) is 0 Å². The molecule has 1 heterocycles. The highest BCUT2D eigenvalue weighted by atomic mass is 16.5. The molecule has 0 saturated carbocycles. The van der Waals surface area contributed by atoms with Crippen molar-refractivity contribution >= 4 is 11.6 Å². The van der Waals surface area contributed by atoms with E-state index in [1.54, 1.807) is 4.90 Å². The number of amides is 1. The molecule has 0 bridgehead atoms. The second kappa shape index (κ2) is 4.76. The van der Waals surface area contributed by atoms with Crippen LogP contribution in [-0.4, -0.2) is 12.5 Å². The summed E-state index contributed by atoms with van der Waals surface area (Å²) < 4.78 is 5.55. The van der Waals surface area contributed by atoms with Crippen LogP contribution >= 0.6 is 0 Å². The Balaban J connectivity index is 1.99. The Morgan fingerprint density at radius 1 is 1.11 bits per heavy atom. The van der Waals surface area contributed by atoms with E-state index in [0.717, 1.165) is 22.6 Å². The highest BCUT2D eigenvalue weighted by Gasteiger charge is 2.22. The summed E-state index contributed by atoms with van der Waals surface area (Å²) in [7, 11) is 0. The van der Waals surface area contributed by atoms with Crippen molar-refractivity contribution in [1.82, 2.24) is 0 Å². The van der Waals surface area contributed by atoms with Gasteiger partial charge in [-0.25, -0.2) is 0 Å². The van der Waals surface area contributed by atoms with Gasteiger partial charge in [0.15, 0.2) is 6.61 Å². The van der Waals surface area contributed by atoms with Crippen molar-refractivity contribution in [2.75, 3.05) is 11.5 Å². The van der Waals surface area contributed by atoms with E-state index in [1.807, 2.05) is 55.5 Å². The van der Waals surface area contributed by atoms with Gasteiger partial charge in [0.2, 0.25) is 0 Å². The molecule has 3 nitrogen and oxygen atoms in total. The zero-order valence-corrected chi connectivity index (χ0v) is 10.8. The monoisotopic (exact) mass is 253 g/mol. The lowest BCUT2D eigenvalue weighted by Crippen LogP contribution is -2.32. The Bertz CT molecular complexity index is 622. The zero-order valence-electron chi connectivity index (χ0n) is 10.8. The molecule has 19 heavy (non-hydrogen) atoms. The second-order valence-electron chi connectivity index (χ2n) is 4.72. The first-order valence-corrected chi connectivity index (χ1v) is 6.32. The predicted octanol–water partition coefficient (Wildman–Crippen LogP) is 2.92. The molecule has 0 fully saturated rings. The van der Waals surface area contributed by atoms with Gasteiger partial charge in [0, 0.05) is 11.3 Å². The molecule has 1 amide bonds. The van der Waals surface area contributed by atoms with Crippen LogP contribution in [-0.2, 0) is 11.3 Å². The van der Waals surface area contributed by atoms with Crippen LogP contribution in [0.1, 0.15) is 11.1 Å². The van der Waals surface area contributed by atoms with Crippen molar-refractivity contribution in [2.24, 2.45) is 0 Å². The van der Waals surface area contributed by atoms with Crippen molar-refractivity contribution < 1.29 is 9.53 Å². The molecule has 0 aliphatic carbocycles. The number of para-hydroxylation sites is 1. The van der Waals surface area contributed by atoms with E-state index in [2.05, 4.69) is 0 Å². The molecule has 0 N–H and O–H groups in total. The Labute approximate surface area is 112 Å². The quantitative estimate of drug-likeness (QED) is 0.782. The first-order valence-electron chi connectivity index (χ1n) is 6.32. The van der Waals surface area contributed by atoms with Crippen LogP contribution in [0, 0.1) is 6.92 Å². The number of ether oxygens (including phenoxy) is 1. The largest absolute Gasteiger partial charge is 0.483 e. The molecule has 3 rings (SSSR count). The maximum atomic E-state index is 12.2. The highest BCUT2D eigenvalue weighted by molar-refractivity contribution is 5.95. The zero-order chi connectivity index (χ0) is 13.2. The Hall–Kier alpha value is -2.29. The molecular formula is C16H15NO2. The minimum atomic E-state index is -0.0122. The summed E-state index contributed by atoms with van der Waals surface area (Å²) in [5.74, 6) is 0.785. The van der Waals surface area contributed by atoms with E-state index in [-0.39, 0.29) is 12.5 Å². The molecule has 96 valence electrons. The molecule has 0 atom stereocenters. The van der Waals surface area contributed by atoms with Gasteiger partial charge in [0.25, 0.3) is 5.91 Å². The second-order valence-corrected chi connectivity index (χ2v) is 4.72. The number of fused-ring (bicyclic) bond motifs is 1. The fourth-order valence-electron chi connectivity index (χ4n) is 2.28. The Kier molecular flexibility index (Phi) is 2.95. The van der Waals surface area contributed by atoms with Gasteiger partial charge < -0.3 is 9.64 Å². The average molecular weight is 253 g/mol. The van der Waals surface area contributed by atoms with Crippen molar-refractivity contribution in [3.8, 4) is 5.75 Å². The summed E-state index contributed by atoms with van der Waals surface area (Å²) in [5, 5.41) is 0. The summed E-state index contributed by atoms with van der Waals surface area (Å²) in [4.78, 5) is 14.0. The van der Waals surface area contributed by atoms with E-state index in [0.29, 0.717) is 6.54 Å². The van der Waals surface area contributed by atoms with Gasteiger partial charge in [-0.05, 0) is 30.7 Å². The van der Waals surface area contributed by atoms with Crippen molar-refractivity contribution in [1.29, 1.82) is 0 Å². The number of nitrogens with zero attached hydrogens (tertiary/aromatic N) is 1. The summed E-state index contributed by atoms with van der Waals surface area (Å²) in [6.07, 6.45) is 0. The minimum absolute atomic E-state index is 0.0122. The number of carbonyl (C=O) groups excluding carboxylic acids is 1. The van der Waals surface area contributed by atoms with Crippen LogP contribution in [0.3, 0.4) is 0 Å². The SMILES string of the molecule is Cc1cccc(N2Cc3ccccc3OCC2=O)c1. The Morgan fingerprint density at radius 2 is 1.95 bits per heavy atom. The normalized spacial score (nSPS) is 14.6. The van der Waals surface area contributed by atoms with Crippen LogP contribution in [0.25, 0.3) is 0 Å². The summed E-state index contributed by atoms with van der Waals surface area (Å²) in [6.45, 7) is 2.67. The first-order chi connectivity index (χ1) is 9.24. The van der Waals surface area contributed by atoms with E-state index < -0.39 is 0 Å². The van der Waals surface area contributed by atoms with Gasteiger partial charge in [-0.1, -0.05) is 30.3 Å². The first kappa shape index (κ1) is 11.8. The molecule has 3 heteroatoms. The maximum Gasteiger partial charge on any atom is 0.265 e. The third-order valence-electron chi connectivity index (χ3n) is 3.27. The summed E-state index contributed by atoms with van der Waals surface area (Å²) in [5.41, 5.74) is 3.10. The average Bonchev–Trinajstić information content (AvgIpc) is 2.59. The fraction of sp³-hybridized carbons (Fsp3) is 0.188. The smallest absolute Gasteiger partial charge is 0.265 e. The number of hydrogen-bond acceptors (Lipinski definition) is 2. The van der Waals surface area contributed by atoms with E-state index in [1.165, 1.54) is 0 Å². The molecule has 0 radical (unpaired) electrons. The molecule has 0 saturated heterocycles. The summed E-state index contributed by atoms with van der Waals surface area (Å²) in [6, 6.07) is 15.8. The molecule has 2 aromatic carbocycles. The van der Waals surface area contributed by atoms with Crippen molar-refractivity contribution in [3.63, 3.8) is 0 Å². The van der Waals surface area contributed by atoms with Crippen molar-refractivity contribution in [3.05, 3.63) is 59.7 Å². The maximum absolute atomic E-state index is 12.2. The molecule has 2 aromatic rings. The lowest BCUT2D eigenvalue weighted by atomic mass is 10.1. The van der Waals surface area contributed by atoms with Gasteiger partial charge >= 0.3 is 0 Å². The van der Waals surface area contributed by atoms with Crippen LogP contribution in [0.2, 0.25) is 0 Å². The number of hydrogen-bond donors (Lipinski definition) is 0. The molecule has 0 unspecified atom stereocenters. The van der Waals surface area contributed by atoms with Crippen molar-refractivity contribution in [2.45, 2.75) is 13.5 Å². The summed E-state index contributed by atoms with van der Waals surface area (Å²) >= 11 is 0. The van der Waals surface area contributed by atoms with E-state index in [4.69, 9.17) is 4.74 Å². The molecule has 1 aliphatic rings. The van der Waals surface area contributed by atoms with E-state index in [9.17, 15) is 4.79 Å². The highest BCUT2D eigenvalue weighted by Crippen LogP contribution is 2.26. The molecule has 1 aliphatic heterocycles. The lowest BCUT2D eigenvalue weighted by Gasteiger charge is -2.20. The van der Waals surface area contributed by atoms with Crippen LogP contribution in [0.4, 0.5) is 5.69 Å².